The molecule has 0 spiro atoms. The molecule has 1 saturated carbocycles. The molecule has 0 heterocycles. The van der Waals surface area contributed by atoms with Crippen LogP contribution in [0.3, 0.4) is 0 Å². The third kappa shape index (κ3) is 5.54. The van der Waals surface area contributed by atoms with Crippen LogP contribution in [0.1, 0.15) is 32.6 Å². The Balaban J connectivity index is 1.90. The van der Waals surface area contributed by atoms with Gasteiger partial charge in [-0.1, -0.05) is 0 Å². The number of benzene rings is 2. The van der Waals surface area contributed by atoms with Gasteiger partial charge in [0.1, 0.15) is 23.0 Å². The summed E-state index contributed by atoms with van der Waals surface area (Å²) in [5.74, 6) is -2.33. The third-order valence-corrected chi connectivity index (χ3v) is 7.60. The van der Waals surface area contributed by atoms with Crippen LogP contribution in [0.15, 0.2) is 53.4 Å². The number of sulfonamides is 1. The molecule has 2 atom stereocenters. The van der Waals surface area contributed by atoms with Crippen molar-refractivity contribution < 1.29 is 37.0 Å². The first-order valence-electron chi connectivity index (χ1n) is 10.8. The predicted molar refractivity (Wildman–Crippen MR) is 120 cm³/mol. The molecule has 0 aromatic heterocycles. The van der Waals surface area contributed by atoms with E-state index >= 15 is 0 Å². The Morgan fingerprint density at radius 3 is 2.29 bits per heavy atom. The molecule has 2 aromatic carbocycles. The molecule has 1 aliphatic rings. The summed E-state index contributed by atoms with van der Waals surface area (Å²) in [7, 11) is -4.35. The zero-order valence-electron chi connectivity index (χ0n) is 18.6. The Hall–Kier alpha value is -3.02. The number of halogens is 1. The molecule has 3 rings (SSSR count). The van der Waals surface area contributed by atoms with Crippen molar-refractivity contribution in [1.82, 2.24) is 4.31 Å². The van der Waals surface area contributed by atoms with Crippen LogP contribution in [0, 0.1) is 11.7 Å². The number of carbonyl (C=O) groups excluding carboxylic acids is 2. The molecule has 9 nitrogen and oxygen atoms in total. The summed E-state index contributed by atoms with van der Waals surface area (Å²) in [5, 5.41) is 11.3. The minimum atomic E-state index is -4.35. The number of esters is 1. The van der Waals surface area contributed by atoms with Gasteiger partial charge in [-0.3, -0.25) is 9.59 Å². The van der Waals surface area contributed by atoms with Crippen molar-refractivity contribution in [2.45, 2.75) is 43.2 Å². The van der Waals surface area contributed by atoms with Crippen LogP contribution in [0.5, 0.6) is 11.5 Å². The van der Waals surface area contributed by atoms with Gasteiger partial charge in [-0.25, -0.2) is 12.8 Å². The van der Waals surface area contributed by atoms with E-state index in [4.69, 9.17) is 15.2 Å². The number of hydrogen-bond acceptors (Lipinski definition) is 7. The average molecular weight is 495 g/mol. The molecule has 1 amide bonds. The molecule has 1 fully saturated rings. The molecule has 184 valence electrons. The van der Waals surface area contributed by atoms with Crippen molar-refractivity contribution in [1.29, 1.82) is 0 Å². The first-order chi connectivity index (χ1) is 16.1. The quantitative estimate of drug-likeness (QED) is 0.383. The van der Waals surface area contributed by atoms with Crippen LogP contribution in [-0.2, 0) is 24.3 Å². The summed E-state index contributed by atoms with van der Waals surface area (Å²) >= 11 is 0. The standard InChI is InChI=1S/C23H27FN2O7S/c1-2-32-21(27)13-15-26(23(29)14-3-4-20(23)22(25)28)34(30,31)19-11-9-18(10-12-19)33-17-7-5-16(24)6-8-17/h5-12,20,29H,2-4,13-15H2,1H3,(H2,25,28). The fourth-order valence-electron chi connectivity index (χ4n) is 4.03. The highest BCUT2D eigenvalue weighted by Gasteiger charge is 2.53. The first kappa shape index (κ1) is 25.6. The van der Waals surface area contributed by atoms with Crippen LogP contribution in [-0.4, -0.2) is 48.6 Å². The van der Waals surface area contributed by atoms with E-state index in [-0.39, 0.29) is 30.8 Å². The Bertz CT molecular complexity index is 1120. The summed E-state index contributed by atoms with van der Waals surface area (Å²) < 4.78 is 51.4. The zero-order chi connectivity index (χ0) is 24.9. The van der Waals surface area contributed by atoms with Crippen molar-refractivity contribution in [2.75, 3.05) is 13.2 Å². The van der Waals surface area contributed by atoms with E-state index < -0.39 is 45.9 Å². The molecule has 0 aliphatic heterocycles. The number of aliphatic hydroxyl groups is 1. The SMILES string of the molecule is CCOC(=O)CCN(C1(O)CCCC1C(N)=O)S(=O)(=O)c1ccc(Oc2ccc(F)cc2)cc1. The van der Waals surface area contributed by atoms with Crippen LogP contribution in [0.2, 0.25) is 0 Å². The van der Waals surface area contributed by atoms with Crippen molar-refractivity contribution >= 4 is 21.9 Å². The highest BCUT2D eigenvalue weighted by atomic mass is 32.2. The highest BCUT2D eigenvalue weighted by Crippen LogP contribution is 2.41. The molecule has 34 heavy (non-hydrogen) atoms. The number of carbonyl (C=O) groups is 2. The normalized spacial score (nSPS) is 20.3. The summed E-state index contributed by atoms with van der Waals surface area (Å²) in [5.41, 5.74) is 3.38. The molecule has 0 bridgehead atoms. The lowest BCUT2D eigenvalue weighted by molar-refractivity contribution is -0.146. The fourth-order valence-corrected chi connectivity index (χ4v) is 5.73. The van der Waals surface area contributed by atoms with E-state index in [0.29, 0.717) is 17.9 Å². The third-order valence-electron chi connectivity index (χ3n) is 5.66. The van der Waals surface area contributed by atoms with Crippen LogP contribution < -0.4 is 10.5 Å². The molecule has 0 saturated heterocycles. The van der Waals surface area contributed by atoms with Gasteiger partial charge in [0.15, 0.2) is 0 Å². The number of amides is 1. The number of nitrogens with zero attached hydrogens (tertiary/aromatic N) is 1. The van der Waals surface area contributed by atoms with Crippen molar-refractivity contribution in [2.24, 2.45) is 11.7 Å². The van der Waals surface area contributed by atoms with Gasteiger partial charge in [0.25, 0.3) is 0 Å². The molecular weight excluding hydrogens is 467 g/mol. The maximum Gasteiger partial charge on any atom is 0.307 e. The van der Waals surface area contributed by atoms with E-state index in [1.165, 1.54) is 48.5 Å². The molecular formula is C23H27FN2O7S. The second-order valence-corrected chi connectivity index (χ2v) is 9.75. The van der Waals surface area contributed by atoms with E-state index in [1.54, 1.807) is 6.92 Å². The van der Waals surface area contributed by atoms with Gasteiger partial charge in [-0.15, -0.1) is 0 Å². The van der Waals surface area contributed by atoms with Gasteiger partial charge < -0.3 is 20.3 Å². The molecule has 2 aromatic rings. The molecule has 2 unspecified atom stereocenters. The molecule has 11 heteroatoms. The number of nitrogens with two attached hydrogens (primary N) is 1. The molecule has 0 radical (unpaired) electrons. The summed E-state index contributed by atoms with van der Waals surface area (Å²) in [6.07, 6.45) is 0.294. The van der Waals surface area contributed by atoms with E-state index in [2.05, 4.69) is 0 Å². The maximum absolute atomic E-state index is 13.5. The zero-order valence-corrected chi connectivity index (χ0v) is 19.5. The Labute approximate surface area is 197 Å². The second-order valence-electron chi connectivity index (χ2n) is 7.89. The van der Waals surface area contributed by atoms with Crippen LogP contribution in [0.4, 0.5) is 4.39 Å². The number of primary amides is 1. The Morgan fingerprint density at radius 2 is 1.74 bits per heavy atom. The minimum Gasteiger partial charge on any atom is -0.466 e. The lowest BCUT2D eigenvalue weighted by Crippen LogP contribution is -2.57. The molecule has 3 N–H and O–H groups in total. The minimum absolute atomic E-state index is 0.00553. The highest BCUT2D eigenvalue weighted by molar-refractivity contribution is 7.89. The van der Waals surface area contributed by atoms with Gasteiger partial charge in [0.2, 0.25) is 15.9 Å². The van der Waals surface area contributed by atoms with Crippen molar-refractivity contribution in [3.8, 4) is 11.5 Å². The Kier molecular flexibility index (Phi) is 7.90. The van der Waals surface area contributed by atoms with E-state index in [9.17, 15) is 27.5 Å². The Morgan fingerprint density at radius 1 is 1.15 bits per heavy atom. The average Bonchev–Trinajstić information content (AvgIpc) is 3.18. The first-order valence-corrected chi connectivity index (χ1v) is 12.3. The van der Waals surface area contributed by atoms with Crippen molar-refractivity contribution in [3.63, 3.8) is 0 Å². The van der Waals surface area contributed by atoms with Gasteiger partial charge in [0.05, 0.1) is 23.8 Å². The largest absolute Gasteiger partial charge is 0.466 e. The number of rotatable bonds is 10. The summed E-state index contributed by atoms with van der Waals surface area (Å²) in [6, 6.07) is 10.7. The fraction of sp³-hybridized carbons (Fsp3) is 0.391. The predicted octanol–water partition coefficient (Wildman–Crippen LogP) is 2.54. The van der Waals surface area contributed by atoms with Crippen LogP contribution in [0.25, 0.3) is 0 Å². The number of hydrogen-bond donors (Lipinski definition) is 2. The monoisotopic (exact) mass is 494 g/mol. The van der Waals surface area contributed by atoms with Gasteiger partial charge in [-0.2, -0.15) is 4.31 Å². The smallest absolute Gasteiger partial charge is 0.307 e. The van der Waals surface area contributed by atoms with E-state index in [1.807, 2.05) is 0 Å². The second kappa shape index (κ2) is 10.5. The lowest BCUT2D eigenvalue weighted by Gasteiger charge is -2.39. The van der Waals surface area contributed by atoms with Crippen LogP contribution >= 0.6 is 0 Å². The van der Waals surface area contributed by atoms with Gasteiger partial charge in [0, 0.05) is 6.54 Å². The topological polar surface area (TPSA) is 136 Å². The maximum atomic E-state index is 13.5. The summed E-state index contributed by atoms with van der Waals surface area (Å²) in [6.45, 7) is 1.35. The van der Waals surface area contributed by atoms with Gasteiger partial charge >= 0.3 is 5.97 Å². The van der Waals surface area contributed by atoms with Crippen molar-refractivity contribution in [3.05, 3.63) is 54.3 Å². The van der Waals surface area contributed by atoms with E-state index in [0.717, 1.165) is 4.31 Å². The lowest BCUT2D eigenvalue weighted by atomic mass is 9.98. The van der Waals surface area contributed by atoms with Gasteiger partial charge in [-0.05, 0) is 74.7 Å². The number of ether oxygens (including phenoxy) is 2. The molecule has 1 aliphatic carbocycles. The summed E-state index contributed by atoms with van der Waals surface area (Å²) in [4.78, 5) is 23.7.